The Morgan fingerprint density at radius 1 is 0.921 bits per heavy atom. The summed E-state index contributed by atoms with van der Waals surface area (Å²) in [5.74, 6) is -1.39. The Bertz CT molecular complexity index is 1360. The van der Waals surface area contributed by atoms with Gasteiger partial charge in [-0.2, -0.15) is 0 Å². The first kappa shape index (κ1) is 28.8. The predicted octanol–water partition coefficient (Wildman–Crippen LogP) is 4.58. The van der Waals surface area contributed by atoms with Crippen molar-refractivity contribution in [1.82, 2.24) is 10.2 Å². The molecule has 0 bridgehead atoms. The van der Waals surface area contributed by atoms with E-state index in [1.807, 2.05) is 38.1 Å². The fourth-order valence-corrected chi connectivity index (χ4v) is 5.57. The van der Waals surface area contributed by atoms with Gasteiger partial charge in [0.05, 0.1) is 10.6 Å². The second-order valence-electron chi connectivity index (χ2n) is 9.07. The third-order valence-corrected chi connectivity index (χ3v) is 8.13. The van der Waals surface area contributed by atoms with Crippen LogP contribution < -0.4 is 9.62 Å². The first-order valence-electron chi connectivity index (χ1n) is 12.5. The molecular formula is C29H34FN3O4S. The van der Waals surface area contributed by atoms with Gasteiger partial charge in [-0.25, -0.2) is 12.8 Å². The van der Waals surface area contributed by atoms with Crippen LogP contribution in [0.25, 0.3) is 0 Å². The molecule has 3 rings (SSSR count). The van der Waals surface area contributed by atoms with E-state index >= 15 is 0 Å². The van der Waals surface area contributed by atoms with Gasteiger partial charge in [0.15, 0.2) is 0 Å². The van der Waals surface area contributed by atoms with E-state index in [0.717, 1.165) is 33.1 Å². The summed E-state index contributed by atoms with van der Waals surface area (Å²) < 4.78 is 42.2. The lowest BCUT2D eigenvalue weighted by Gasteiger charge is -2.33. The average Bonchev–Trinajstić information content (AvgIpc) is 2.89. The molecule has 0 saturated carbocycles. The normalized spacial score (nSPS) is 12.0. The van der Waals surface area contributed by atoms with Crippen LogP contribution in [0.4, 0.5) is 10.1 Å². The molecule has 0 fully saturated rings. The molecular weight excluding hydrogens is 505 g/mol. The molecule has 0 aliphatic rings. The molecule has 1 atom stereocenters. The highest BCUT2D eigenvalue weighted by molar-refractivity contribution is 7.92. The van der Waals surface area contributed by atoms with Crippen LogP contribution in [0.2, 0.25) is 0 Å². The van der Waals surface area contributed by atoms with Gasteiger partial charge < -0.3 is 10.2 Å². The van der Waals surface area contributed by atoms with Gasteiger partial charge in [0.1, 0.15) is 18.4 Å². The van der Waals surface area contributed by atoms with Crippen LogP contribution in [-0.2, 0) is 26.2 Å². The van der Waals surface area contributed by atoms with Crippen molar-refractivity contribution in [3.8, 4) is 0 Å². The molecule has 2 amide bonds. The van der Waals surface area contributed by atoms with Crippen molar-refractivity contribution in [2.24, 2.45) is 0 Å². The van der Waals surface area contributed by atoms with Crippen LogP contribution >= 0.6 is 0 Å². The first-order valence-corrected chi connectivity index (χ1v) is 14.0. The van der Waals surface area contributed by atoms with E-state index in [1.165, 1.54) is 29.2 Å². The Labute approximate surface area is 224 Å². The highest BCUT2D eigenvalue weighted by atomic mass is 32.2. The second-order valence-corrected chi connectivity index (χ2v) is 10.9. The largest absolute Gasteiger partial charge is 0.355 e. The van der Waals surface area contributed by atoms with Crippen molar-refractivity contribution in [2.45, 2.75) is 51.6 Å². The van der Waals surface area contributed by atoms with Gasteiger partial charge in [-0.15, -0.1) is 0 Å². The summed E-state index contributed by atoms with van der Waals surface area (Å²) in [7, 11) is -4.19. The lowest BCUT2D eigenvalue weighted by molar-refractivity contribution is -0.140. The summed E-state index contributed by atoms with van der Waals surface area (Å²) in [6.07, 6.45) is 0.338. The van der Waals surface area contributed by atoms with Gasteiger partial charge in [-0.3, -0.25) is 13.9 Å². The van der Waals surface area contributed by atoms with Gasteiger partial charge in [0.2, 0.25) is 11.8 Å². The third kappa shape index (κ3) is 6.77. The maximum atomic E-state index is 13.9. The molecule has 0 saturated heterocycles. The average molecular weight is 540 g/mol. The predicted molar refractivity (Wildman–Crippen MR) is 147 cm³/mol. The van der Waals surface area contributed by atoms with Crippen molar-refractivity contribution in [3.05, 3.63) is 95.3 Å². The zero-order valence-corrected chi connectivity index (χ0v) is 23.0. The molecule has 0 aliphatic heterocycles. The summed E-state index contributed by atoms with van der Waals surface area (Å²) >= 11 is 0. The van der Waals surface area contributed by atoms with E-state index < -0.39 is 34.3 Å². The highest BCUT2D eigenvalue weighted by Gasteiger charge is 2.33. The van der Waals surface area contributed by atoms with Crippen molar-refractivity contribution in [3.63, 3.8) is 0 Å². The number of sulfonamides is 1. The number of rotatable bonds is 11. The van der Waals surface area contributed by atoms with E-state index in [4.69, 9.17) is 0 Å². The van der Waals surface area contributed by atoms with Crippen LogP contribution in [0.15, 0.2) is 77.7 Å². The molecule has 9 heteroatoms. The second kappa shape index (κ2) is 12.7. The number of nitrogens with one attached hydrogen (secondary N) is 1. The molecule has 202 valence electrons. The van der Waals surface area contributed by atoms with Crippen molar-refractivity contribution in [1.29, 1.82) is 0 Å². The van der Waals surface area contributed by atoms with E-state index in [0.29, 0.717) is 13.0 Å². The number of hydrogen-bond acceptors (Lipinski definition) is 4. The number of halogens is 1. The molecule has 1 N–H and O–H groups in total. The number of carbonyl (C=O) groups is 2. The molecule has 0 unspecified atom stereocenters. The molecule has 0 radical (unpaired) electrons. The smallest absolute Gasteiger partial charge is 0.264 e. The fraction of sp³-hybridized carbons (Fsp3) is 0.310. The fourth-order valence-electron chi connectivity index (χ4n) is 4.16. The Morgan fingerprint density at radius 3 is 2.13 bits per heavy atom. The molecule has 3 aromatic rings. The molecule has 0 spiro atoms. The number of benzene rings is 3. The topological polar surface area (TPSA) is 86.8 Å². The number of anilines is 1. The van der Waals surface area contributed by atoms with Gasteiger partial charge in [0.25, 0.3) is 10.0 Å². The minimum absolute atomic E-state index is 0.00134. The zero-order valence-electron chi connectivity index (χ0n) is 22.1. The van der Waals surface area contributed by atoms with E-state index in [-0.39, 0.29) is 23.0 Å². The maximum absolute atomic E-state index is 13.9. The molecule has 38 heavy (non-hydrogen) atoms. The van der Waals surface area contributed by atoms with Gasteiger partial charge in [-0.05, 0) is 74.7 Å². The quantitative estimate of drug-likeness (QED) is 0.387. The minimum Gasteiger partial charge on any atom is -0.355 e. The third-order valence-electron chi connectivity index (χ3n) is 6.34. The Balaban J connectivity index is 2.06. The SMILES string of the molecule is CCNC(=O)[C@H](CC)N(Cc1ccccc1C)C(=O)CN(c1ccc(F)cc1)S(=O)(=O)c1ccc(C)cc1. The van der Waals surface area contributed by atoms with Crippen LogP contribution in [0.3, 0.4) is 0 Å². The van der Waals surface area contributed by atoms with Crippen molar-refractivity contribution in [2.75, 3.05) is 17.4 Å². The summed E-state index contributed by atoms with van der Waals surface area (Å²) in [4.78, 5) is 28.3. The number of amides is 2. The van der Waals surface area contributed by atoms with Crippen LogP contribution in [0, 0.1) is 19.7 Å². The Hall–Kier alpha value is -3.72. The van der Waals surface area contributed by atoms with Crippen molar-refractivity contribution < 1.29 is 22.4 Å². The van der Waals surface area contributed by atoms with Crippen LogP contribution in [-0.4, -0.2) is 44.3 Å². The Morgan fingerprint density at radius 2 is 1.55 bits per heavy atom. The summed E-state index contributed by atoms with van der Waals surface area (Å²) in [5, 5.41) is 2.78. The van der Waals surface area contributed by atoms with E-state index in [1.54, 1.807) is 26.0 Å². The Kier molecular flexibility index (Phi) is 9.63. The van der Waals surface area contributed by atoms with Gasteiger partial charge >= 0.3 is 0 Å². The summed E-state index contributed by atoms with van der Waals surface area (Å²) in [6.45, 7) is 7.31. The van der Waals surface area contributed by atoms with Gasteiger partial charge in [0, 0.05) is 13.1 Å². The van der Waals surface area contributed by atoms with Crippen LogP contribution in [0.5, 0.6) is 0 Å². The lowest BCUT2D eigenvalue weighted by atomic mass is 10.1. The monoisotopic (exact) mass is 539 g/mol. The molecule has 0 aromatic heterocycles. The maximum Gasteiger partial charge on any atom is 0.264 e. The highest BCUT2D eigenvalue weighted by Crippen LogP contribution is 2.25. The van der Waals surface area contributed by atoms with Crippen LogP contribution in [0.1, 0.15) is 37.0 Å². The number of nitrogens with zero attached hydrogens (tertiary/aromatic N) is 2. The molecule has 7 nitrogen and oxygen atoms in total. The molecule has 0 aliphatic carbocycles. The van der Waals surface area contributed by atoms with Gasteiger partial charge in [-0.1, -0.05) is 48.9 Å². The van der Waals surface area contributed by atoms with E-state index in [2.05, 4.69) is 5.32 Å². The minimum atomic E-state index is -4.19. The zero-order chi connectivity index (χ0) is 27.9. The summed E-state index contributed by atoms with van der Waals surface area (Å²) in [6, 6.07) is 17.9. The summed E-state index contributed by atoms with van der Waals surface area (Å²) in [5.41, 5.74) is 2.81. The lowest BCUT2D eigenvalue weighted by Crippen LogP contribution is -2.52. The molecule has 3 aromatic carbocycles. The number of hydrogen-bond donors (Lipinski definition) is 1. The first-order chi connectivity index (χ1) is 18.1. The molecule has 0 heterocycles. The van der Waals surface area contributed by atoms with Crippen molar-refractivity contribution >= 4 is 27.5 Å². The van der Waals surface area contributed by atoms with E-state index in [9.17, 15) is 22.4 Å². The number of likely N-dealkylation sites (N-methyl/N-ethyl adjacent to an activating group) is 1. The number of carbonyl (C=O) groups excluding carboxylic acids is 2. The standard InChI is InChI=1S/C29H34FN3O4S/c1-5-27(29(35)31-6-2)32(19-23-10-8-7-9-22(23)4)28(34)20-33(25-15-13-24(30)14-16-25)38(36,37)26-17-11-21(3)12-18-26/h7-18,27H,5-6,19-20H2,1-4H3,(H,31,35)/t27-/m0/s1. The number of aryl methyl sites for hydroxylation is 2.